The Hall–Kier alpha value is -3.07. The number of carbonyl (C=O) groups is 2. The first kappa shape index (κ1) is 82.9. The molecule has 498 valence electrons. The van der Waals surface area contributed by atoms with Gasteiger partial charge in [0.25, 0.3) is 0 Å². The fourth-order valence-electron chi connectivity index (χ4n) is 10.1. The molecule has 9 nitrogen and oxygen atoms in total. The van der Waals surface area contributed by atoms with E-state index in [1.807, 2.05) is 21.1 Å². The molecule has 0 radical (unpaired) electrons. The molecule has 0 aliphatic heterocycles. The summed E-state index contributed by atoms with van der Waals surface area (Å²) in [4.78, 5) is 35.8. The van der Waals surface area contributed by atoms with E-state index < -0.39 is 26.5 Å². The van der Waals surface area contributed by atoms with E-state index in [-0.39, 0.29) is 32.0 Å². The number of allylic oxidation sites excluding steroid dienone is 16. The number of phosphoric acid groups is 1. The Bertz CT molecular complexity index is 1770. The smallest absolute Gasteiger partial charge is 0.462 e. The highest BCUT2D eigenvalue weighted by Gasteiger charge is 2.27. The fourth-order valence-corrected chi connectivity index (χ4v) is 10.9. The molecule has 0 aromatic carbocycles. The van der Waals surface area contributed by atoms with E-state index in [0.717, 1.165) is 89.9 Å². The van der Waals surface area contributed by atoms with Crippen LogP contribution in [0.4, 0.5) is 0 Å². The summed E-state index contributed by atoms with van der Waals surface area (Å²) in [5.41, 5.74) is 0. The zero-order valence-electron chi connectivity index (χ0n) is 56.8. The van der Waals surface area contributed by atoms with Crippen LogP contribution in [0.3, 0.4) is 0 Å². The Balaban J connectivity index is 3.94. The number of hydrogen-bond acceptors (Lipinski definition) is 7. The Morgan fingerprint density at radius 1 is 0.372 bits per heavy atom. The summed E-state index contributed by atoms with van der Waals surface area (Å²) in [6.45, 7) is 4.32. The van der Waals surface area contributed by atoms with E-state index in [4.69, 9.17) is 18.5 Å². The van der Waals surface area contributed by atoms with Crippen molar-refractivity contribution in [2.24, 2.45) is 0 Å². The second-order valence-electron chi connectivity index (χ2n) is 25.2. The quantitative estimate of drug-likeness (QED) is 0.0211. The van der Waals surface area contributed by atoms with E-state index in [0.29, 0.717) is 17.4 Å². The summed E-state index contributed by atoms with van der Waals surface area (Å²) in [5.74, 6) is -0.802. The first-order valence-corrected chi connectivity index (χ1v) is 37.5. The van der Waals surface area contributed by atoms with Crippen molar-refractivity contribution in [1.29, 1.82) is 0 Å². The van der Waals surface area contributed by atoms with Gasteiger partial charge in [-0.3, -0.25) is 18.6 Å². The third-order valence-corrected chi connectivity index (χ3v) is 16.6. The number of likely N-dealkylation sites (N-methyl/N-ethyl adjacent to an activating group) is 1. The Kier molecular flexibility index (Phi) is 64.0. The maximum atomic E-state index is 12.9. The molecule has 0 heterocycles. The van der Waals surface area contributed by atoms with E-state index in [9.17, 15) is 19.0 Å². The summed E-state index contributed by atoms with van der Waals surface area (Å²) < 4.78 is 34.7. The van der Waals surface area contributed by atoms with Gasteiger partial charge in [-0.2, -0.15) is 0 Å². The van der Waals surface area contributed by atoms with Crippen LogP contribution in [0.15, 0.2) is 97.2 Å². The molecular weight excluding hydrogens is 1090 g/mol. The van der Waals surface area contributed by atoms with E-state index in [2.05, 4.69) is 111 Å². The Labute approximate surface area is 532 Å². The lowest BCUT2D eigenvalue weighted by atomic mass is 10.0. The van der Waals surface area contributed by atoms with Gasteiger partial charge in [-0.15, -0.1) is 0 Å². The number of ether oxygens (including phenoxy) is 2. The molecule has 1 N–H and O–H groups in total. The van der Waals surface area contributed by atoms with Gasteiger partial charge in [-0.25, -0.2) is 4.57 Å². The fraction of sp³-hybridized carbons (Fsp3) is 0.763. The van der Waals surface area contributed by atoms with Crippen LogP contribution in [0.25, 0.3) is 0 Å². The van der Waals surface area contributed by atoms with Crippen LogP contribution in [0, 0.1) is 0 Å². The molecule has 0 aliphatic carbocycles. The summed E-state index contributed by atoms with van der Waals surface area (Å²) in [7, 11) is 1.47. The molecule has 2 unspecified atom stereocenters. The first-order valence-electron chi connectivity index (χ1n) is 36.0. The SMILES string of the molecule is CC/C=C\C/C=C\C/C=C\C/C=C\C/C=C\CCCCCCCCCCCCCCCCCCCCCCCCCCCC(=O)OC(COC(=O)CCCCCCCC/C=C\C/C=C\C/C=C\CCCCCCC)COP(=O)(O)OCC[N+](C)(C)C. The van der Waals surface area contributed by atoms with Crippen LogP contribution in [0.1, 0.15) is 322 Å². The Morgan fingerprint density at radius 3 is 0.988 bits per heavy atom. The maximum Gasteiger partial charge on any atom is 0.472 e. The van der Waals surface area contributed by atoms with Crippen molar-refractivity contribution in [2.45, 2.75) is 328 Å². The lowest BCUT2D eigenvalue weighted by Gasteiger charge is -2.24. The van der Waals surface area contributed by atoms with Gasteiger partial charge in [0, 0.05) is 12.8 Å². The molecule has 0 rings (SSSR count). The molecule has 0 aliphatic rings. The minimum Gasteiger partial charge on any atom is -0.462 e. The molecule has 0 aromatic rings. The van der Waals surface area contributed by atoms with E-state index in [1.54, 1.807) is 0 Å². The first-order chi connectivity index (χ1) is 42.0. The molecule has 0 spiro atoms. The van der Waals surface area contributed by atoms with Gasteiger partial charge in [0.2, 0.25) is 0 Å². The number of carbonyl (C=O) groups excluding carboxylic acids is 2. The van der Waals surface area contributed by atoms with Crippen molar-refractivity contribution in [1.82, 2.24) is 0 Å². The van der Waals surface area contributed by atoms with E-state index >= 15 is 0 Å². The van der Waals surface area contributed by atoms with Gasteiger partial charge in [-0.05, 0) is 96.3 Å². The zero-order valence-corrected chi connectivity index (χ0v) is 57.7. The molecule has 10 heteroatoms. The van der Waals surface area contributed by atoms with Gasteiger partial charge in [0.1, 0.15) is 19.8 Å². The van der Waals surface area contributed by atoms with Gasteiger partial charge in [0.05, 0.1) is 27.7 Å². The van der Waals surface area contributed by atoms with Crippen LogP contribution in [0.2, 0.25) is 0 Å². The van der Waals surface area contributed by atoms with Crippen LogP contribution >= 0.6 is 7.82 Å². The van der Waals surface area contributed by atoms with Gasteiger partial charge >= 0.3 is 19.8 Å². The van der Waals surface area contributed by atoms with Crippen molar-refractivity contribution in [2.75, 3.05) is 47.5 Å². The minimum absolute atomic E-state index is 0.0281. The Morgan fingerprint density at radius 2 is 0.663 bits per heavy atom. The zero-order chi connectivity index (χ0) is 62.6. The van der Waals surface area contributed by atoms with Gasteiger partial charge in [-0.1, -0.05) is 310 Å². The standard InChI is InChI=1S/C76H136NO8P/c1-6-8-10-12-14-16-18-20-22-24-26-28-29-30-31-32-33-34-35-36-37-38-39-40-41-42-43-44-45-46-47-49-51-53-55-57-59-61-63-65-67-69-76(79)85-74(73-84-86(80,81)83-71-70-77(3,4)5)72-82-75(78)68-66-64-62-60-58-56-54-52-50-48-27-25-23-21-19-17-15-13-11-9-7-2/h8,10,14,16,19-22,25-28,30-31,50,52,74H,6-7,9,11-13,15,17-18,23-24,29,32-49,51,53-73H2,1-5H3/p+1/b10-8-,16-14-,21-19-,22-20-,27-25-,28-26-,31-30-,52-50-. The molecule has 2 atom stereocenters. The predicted octanol–water partition coefficient (Wildman–Crippen LogP) is 23.5. The second-order valence-corrected chi connectivity index (χ2v) is 26.7. The van der Waals surface area contributed by atoms with Gasteiger partial charge < -0.3 is 18.9 Å². The number of hydrogen-bond donors (Lipinski definition) is 1. The molecule has 0 aromatic heterocycles. The number of quaternary nitrogens is 1. The number of phosphoric ester groups is 1. The number of esters is 2. The third kappa shape index (κ3) is 70.0. The largest absolute Gasteiger partial charge is 0.472 e. The van der Waals surface area contributed by atoms with Crippen LogP contribution in [-0.2, 0) is 32.7 Å². The molecule has 0 amide bonds. The minimum atomic E-state index is -4.40. The van der Waals surface area contributed by atoms with Crippen LogP contribution in [0.5, 0.6) is 0 Å². The molecule has 0 saturated heterocycles. The highest BCUT2D eigenvalue weighted by atomic mass is 31.2. The van der Waals surface area contributed by atoms with Crippen molar-refractivity contribution in [3.05, 3.63) is 97.2 Å². The van der Waals surface area contributed by atoms with Crippen LogP contribution in [-0.4, -0.2) is 74.9 Å². The molecule has 0 bridgehead atoms. The van der Waals surface area contributed by atoms with Crippen molar-refractivity contribution in [3.8, 4) is 0 Å². The summed E-state index contributed by atoms with van der Waals surface area (Å²) in [6.07, 6.45) is 92.4. The normalized spacial score (nSPS) is 13.7. The van der Waals surface area contributed by atoms with Gasteiger partial charge in [0.15, 0.2) is 6.10 Å². The predicted molar refractivity (Wildman–Crippen MR) is 372 cm³/mol. The highest BCUT2D eigenvalue weighted by molar-refractivity contribution is 7.47. The topological polar surface area (TPSA) is 108 Å². The molecule has 86 heavy (non-hydrogen) atoms. The summed E-state index contributed by atoms with van der Waals surface area (Å²) in [6, 6.07) is 0. The molecule has 0 saturated carbocycles. The monoisotopic (exact) mass is 1220 g/mol. The lowest BCUT2D eigenvalue weighted by molar-refractivity contribution is -0.870. The molecule has 0 fully saturated rings. The third-order valence-electron chi connectivity index (χ3n) is 15.6. The lowest BCUT2D eigenvalue weighted by Crippen LogP contribution is -2.37. The van der Waals surface area contributed by atoms with Crippen molar-refractivity contribution in [3.63, 3.8) is 0 Å². The average Bonchev–Trinajstić information content (AvgIpc) is 3.70. The van der Waals surface area contributed by atoms with Crippen molar-refractivity contribution < 1.29 is 42.1 Å². The highest BCUT2D eigenvalue weighted by Crippen LogP contribution is 2.43. The summed E-state index contributed by atoms with van der Waals surface area (Å²) in [5, 5.41) is 0. The van der Waals surface area contributed by atoms with E-state index in [1.165, 1.54) is 199 Å². The van der Waals surface area contributed by atoms with Crippen molar-refractivity contribution >= 4 is 19.8 Å². The number of unbranched alkanes of at least 4 members (excludes halogenated alkanes) is 36. The maximum absolute atomic E-state index is 12.9. The molecular formula is C76H137NO8P+. The number of rotatable bonds is 66. The average molecular weight is 1220 g/mol. The second kappa shape index (κ2) is 66.4. The number of nitrogens with zero attached hydrogens (tertiary/aromatic N) is 1. The summed E-state index contributed by atoms with van der Waals surface area (Å²) >= 11 is 0. The van der Waals surface area contributed by atoms with Crippen LogP contribution < -0.4 is 0 Å².